The summed E-state index contributed by atoms with van der Waals surface area (Å²) in [6, 6.07) is 0. The van der Waals surface area contributed by atoms with Crippen LogP contribution in [0.2, 0.25) is 0 Å². The van der Waals surface area contributed by atoms with Gasteiger partial charge in [0.05, 0.1) is 11.5 Å². The highest BCUT2D eigenvalue weighted by Gasteiger charge is 2.28. The predicted molar refractivity (Wildman–Crippen MR) is 126 cm³/mol. The van der Waals surface area contributed by atoms with Gasteiger partial charge in [-0.15, -0.1) is 0 Å². The normalized spacial score (nSPS) is 12.4. The lowest BCUT2D eigenvalue weighted by Gasteiger charge is -2.22. The van der Waals surface area contributed by atoms with E-state index in [9.17, 15) is 4.79 Å². The average molecular weight is 416 g/mol. The third kappa shape index (κ3) is 20.4. The van der Waals surface area contributed by atoms with Crippen LogP contribution in [0.15, 0.2) is 0 Å². The van der Waals surface area contributed by atoms with E-state index < -0.39 is 11.5 Å². The van der Waals surface area contributed by atoms with Gasteiger partial charge in [-0.2, -0.15) is 0 Å². The molecule has 0 aliphatic carbocycles. The first-order valence-electron chi connectivity index (χ1n) is 12.3. The van der Waals surface area contributed by atoms with Crippen LogP contribution in [0, 0.1) is 5.41 Å². The molecule has 0 aliphatic heterocycles. The molecular formula is C25H53NO3. The molecule has 0 bridgehead atoms. The summed E-state index contributed by atoms with van der Waals surface area (Å²) < 4.78 is 4.93. The summed E-state index contributed by atoms with van der Waals surface area (Å²) in [6.45, 7) is 18.3. The van der Waals surface area contributed by atoms with Crippen LogP contribution in [-0.2, 0) is 9.53 Å². The van der Waals surface area contributed by atoms with E-state index in [0.29, 0.717) is 0 Å². The summed E-state index contributed by atoms with van der Waals surface area (Å²) in [5, 5.41) is 8.92. The number of hydrogen-bond acceptors (Lipinski definition) is 4. The number of carbonyl (C=O) groups is 1. The topological polar surface area (TPSA) is 49.8 Å². The number of esters is 1. The minimum atomic E-state index is -0.582. The fourth-order valence-electron chi connectivity index (χ4n) is 3.21. The monoisotopic (exact) mass is 415 g/mol. The molecule has 0 aliphatic rings. The van der Waals surface area contributed by atoms with Gasteiger partial charge in [0.15, 0.2) is 0 Å². The first-order chi connectivity index (χ1) is 13.7. The number of carbonyl (C=O) groups excluding carboxylic acids is 1. The predicted octanol–water partition coefficient (Wildman–Crippen LogP) is 6.60. The lowest BCUT2D eigenvalue weighted by atomic mass is 9.88. The number of aliphatic hydroxyl groups is 1. The Morgan fingerprint density at radius 1 is 0.828 bits per heavy atom. The molecule has 4 nitrogen and oxygen atoms in total. The number of ether oxygens (including phenoxy) is 1. The zero-order valence-corrected chi connectivity index (χ0v) is 20.9. The van der Waals surface area contributed by atoms with Gasteiger partial charge in [0.2, 0.25) is 0 Å². The van der Waals surface area contributed by atoms with Gasteiger partial charge in [-0.1, -0.05) is 72.6 Å². The maximum Gasteiger partial charge on any atom is 0.311 e. The van der Waals surface area contributed by atoms with E-state index in [1.165, 1.54) is 77.4 Å². The zero-order valence-electron chi connectivity index (χ0n) is 20.9. The highest BCUT2D eigenvalue weighted by Crippen LogP contribution is 2.23. The molecule has 176 valence electrons. The van der Waals surface area contributed by atoms with Crippen molar-refractivity contribution in [3.63, 3.8) is 0 Å². The number of nitrogens with zero attached hydrogens (tertiary/aromatic N) is 1. The maximum atomic E-state index is 11.4. The molecule has 29 heavy (non-hydrogen) atoms. The molecule has 1 atom stereocenters. The highest BCUT2D eigenvalue weighted by molar-refractivity contribution is 5.75. The SMILES string of the molecule is CCCC(C)(C)C(=O)OCC(C)O.CCCCCN(CCCCC)CCCCC. The summed E-state index contributed by atoms with van der Waals surface area (Å²) in [6.07, 6.45) is 13.6. The Morgan fingerprint density at radius 2 is 1.24 bits per heavy atom. The van der Waals surface area contributed by atoms with Gasteiger partial charge in [0.25, 0.3) is 0 Å². The van der Waals surface area contributed by atoms with Crippen molar-refractivity contribution in [1.82, 2.24) is 4.90 Å². The first kappa shape index (κ1) is 30.6. The summed E-state index contributed by atoms with van der Waals surface area (Å²) in [4.78, 5) is 14.1. The molecule has 0 aromatic carbocycles. The first-order valence-corrected chi connectivity index (χ1v) is 12.3. The molecule has 0 saturated heterocycles. The molecule has 0 fully saturated rings. The summed E-state index contributed by atoms with van der Waals surface area (Å²) >= 11 is 0. The van der Waals surface area contributed by atoms with Crippen LogP contribution in [-0.4, -0.2) is 48.3 Å². The molecule has 4 heteroatoms. The summed E-state index contributed by atoms with van der Waals surface area (Å²) in [5.74, 6) is -0.227. The molecule has 1 N–H and O–H groups in total. The van der Waals surface area contributed by atoms with Crippen molar-refractivity contribution in [1.29, 1.82) is 0 Å². The third-order valence-corrected chi connectivity index (χ3v) is 5.12. The standard InChI is InChI=1S/C15H33N.C10H20O3/c1-4-7-10-13-16(14-11-8-5-2)15-12-9-6-3;1-5-6-10(3,4)9(12)13-7-8(2)11/h4-15H2,1-3H3;8,11H,5-7H2,1-4H3. The summed E-state index contributed by atoms with van der Waals surface area (Å²) in [7, 11) is 0. The van der Waals surface area contributed by atoms with Crippen LogP contribution in [0.4, 0.5) is 0 Å². The van der Waals surface area contributed by atoms with Crippen molar-refractivity contribution in [2.45, 2.75) is 125 Å². The van der Waals surface area contributed by atoms with Crippen molar-refractivity contribution in [2.75, 3.05) is 26.2 Å². The second kappa shape index (κ2) is 20.7. The molecule has 0 saturated carbocycles. The van der Waals surface area contributed by atoms with Crippen molar-refractivity contribution in [3.05, 3.63) is 0 Å². The largest absolute Gasteiger partial charge is 0.463 e. The maximum absolute atomic E-state index is 11.4. The van der Waals surface area contributed by atoms with E-state index in [2.05, 4.69) is 25.7 Å². The van der Waals surface area contributed by atoms with Gasteiger partial charge < -0.3 is 14.7 Å². The smallest absolute Gasteiger partial charge is 0.311 e. The van der Waals surface area contributed by atoms with Crippen molar-refractivity contribution < 1.29 is 14.6 Å². The van der Waals surface area contributed by atoms with E-state index in [-0.39, 0.29) is 12.6 Å². The minimum Gasteiger partial charge on any atom is -0.463 e. The molecule has 0 spiro atoms. The average Bonchev–Trinajstić information content (AvgIpc) is 2.66. The van der Waals surface area contributed by atoms with Gasteiger partial charge in [-0.05, 0) is 66.1 Å². The molecule has 1 unspecified atom stereocenters. The van der Waals surface area contributed by atoms with Gasteiger partial charge in [0.1, 0.15) is 6.61 Å². The highest BCUT2D eigenvalue weighted by atomic mass is 16.5. The van der Waals surface area contributed by atoms with E-state index in [1.54, 1.807) is 6.92 Å². The Hall–Kier alpha value is -0.610. The number of hydrogen-bond donors (Lipinski definition) is 1. The lowest BCUT2D eigenvalue weighted by molar-refractivity contribution is -0.157. The van der Waals surface area contributed by atoms with Crippen LogP contribution >= 0.6 is 0 Å². The van der Waals surface area contributed by atoms with Crippen LogP contribution in [0.5, 0.6) is 0 Å². The van der Waals surface area contributed by atoms with Crippen molar-refractivity contribution >= 4 is 5.97 Å². The van der Waals surface area contributed by atoms with E-state index >= 15 is 0 Å². The Kier molecular flexibility index (Phi) is 21.8. The van der Waals surface area contributed by atoms with Gasteiger partial charge in [0, 0.05) is 0 Å². The van der Waals surface area contributed by atoms with Crippen LogP contribution in [0.3, 0.4) is 0 Å². The quantitative estimate of drug-likeness (QED) is 0.215. The fraction of sp³-hybridized carbons (Fsp3) is 0.960. The second-order valence-electron chi connectivity index (χ2n) is 9.04. The van der Waals surface area contributed by atoms with Crippen LogP contribution in [0.1, 0.15) is 119 Å². The minimum absolute atomic E-state index is 0.0893. The molecule has 0 aromatic heterocycles. The number of rotatable bonds is 17. The van der Waals surface area contributed by atoms with Gasteiger partial charge in [-0.25, -0.2) is 0 Å². The third-order valence-electron chi connectivity index (χ3n) is 5.12. The molecular weight excluding hydrogens is 362 g/mol. The second-order valence-corrected chi connectivity index (χ2v) is 9.04. The van der Waals surface area contributed by atoms with Gasteiger partial charge in [-0.3, -0.25) is 4.79 Å². The van der Waals surface area contributed by atoms with E-state index in [4.69, 9.17) is 9.84 Å². The van der Waals surface area contributed by atoms with E-state index in [1.807, 2.05) is 20.8 Å². The number of aliphatic hydroxyl groups excluding tert-OH is 1. The van der Waals surface area contributed by atoms with Crippen LogP contribution in [0.25, 0.3) is 0 Å². The molecule has 0 rings (SSSR count). The Balaban J connectivity index is 0. The Morgan fingerprint density at radius 3 is 1.55 bits per heavy atom. The van der Waals surface area contributed by atoms with Crippen LogP contribution < -0.4 is 0 Å². The zero-order chi connectivity index (χ0) is 22.5. The fourth-order valence-corrected chi connectivity index (χ4v) is 3.21. The Labute approximate surface area is 182 Å². The molecule has 0 aromatic rings. The van der Waals surface area contributed by atoms with Gasteiger partial charge >= 0.3 is 5.97 Å². The number of unbranched alkanes of at least 4 members (excludes halogenated alkanes) is 6. The van der Waals surface area contributed by atoms with Crippen molar-refractivity contribution in [2.24, 2.45) is 5.41 Å². The summed E-state index contributed by atoms with van der Waals surface area (Å²) in [5.41, 5.74) is -0.427. The van der Waals surface area contributed by atoms with Crippen molar-refractivity contribution in [3.8, 4) is 0 Å². The lowest BCUT2D eigenvalue weighted by Crippen LogP contribution is -2.28. The molecule has 0 amide bonds. The molecule has 0 radical (unpaired) electrons. The molecule has 0 heterocycles. The Bertz CT molecular complexity index is 332. The van der Waals surface area contributed by atoms with E-state index in [0.717, 1.165) is 12.8 Å².